The molecule has 0 aliphatic carbocycles. The topological polar surface area (TPSA) is 68.8 Å². The summed E-state index contributed by atoms with van der Waals surface area (Å²) in [7, 11) is 1.88. The third-order valence-corrected chi connectivity index (χ3v) is 3.69. The SMILES string of the molecule is Cc1ccsc1-c1nnc(NCc2cnn(C)c2)o1. The molecule has 0 amide bonds. The van der Waals surface area contributed by atoms with E-state index in [9.17, 15) is 0 Å². The fourth-order valence-electron chi connectivity index (χ4n) is 1.72. The van der Waals surface area contributed by atoms with Gasteiger partial charge in [-0.15, -0.1) is 16.4 Å². The summed E-state index contributed by atoms with van der Waals surface area (Å²) in [5.41, 5.74) is 2.21. The lowest BCUT2D eigenvalue weighted by molar-refractivity contribution is 0.582. The Morgan fingerprint density at radius 1 is 1.42 bits per heavy atom. The third kappa shape index (κ3) is 2.50. The second kappa shape index (κ2) is 4.85. The summed E-state index contributed by atoms with van der Waals surface area (Å²) >= 11 is 1.60. The molecule has 19 heavy (non-hydrogen) atoms. The van der Waals surface area contributed by atoms with Crippen LogP contribution in [0.2, 0.25) is 0 Å². The molecule has 3 aromatic heterocycles. The van der Waals surface area contributed by atoms with E-state index in [-0.39, 0.29) is 0 Å². The molecule has 0 fully saturated rings. The fraction of sp³-hybridized carbons (Fsp3) is 0.250. The third-order valence-electron chi connectivity index (χ3n) is 2.68. The molecule has 0 spiro atoms. The summed E-state index contributed by atoms with van der Waals surface area (Å²) < 4.78 is 7.34. The van der Waals surface area contributed by atoms with E-state index in [1.54, 1.807) is 22.2 Å². The van der Waals surface area contributed by atoms with Crippen molar-refractivity contribution in [2.75, 3.05) is 5.32 Å². The minimum absolute atomic E-state index is 0.423. The molecule has 0 aromatic carbocycles. The van der Waals surface area contributed by atoms with Gasteiger partial charge in [-0.3, -0.25) is 4.68 Å². The van der Waals surface area contributed by atoms with Gasteiger partial charge in [-0.1, -0.05) is 5.10 Å². The van der Waals surface area contributed by atoms with E-state index < -0.39 is 0 Å². The van der Waals surface area contributed by atoms with Crippen LogP contribution in [0.4, 0.5) is 6.01 Å². The lowest BCUT2D eigenvalue weighted by atomic mass is 10.3. The van der Waals surface area contributed by atoms with E-state index in [2.05, 4.69) is 20.6 Å². The zero-order valence-electron chi connectivity index (χ0n) is 10.6. The Morgan fingerprint density at radius 2 is 2.32 bits per heavy atom. The highest BCUT2D eigenvalue weighted by Gasteiger charge is 2.11. The maximum atomic E-state index is 5.59. The molecule has 98 valence electrons. The van der Waals surface area contributed by atoms with Crippen molar-refractivity contribution in [1.29, 1.82) is 0 Å². The van der Waals surface area contributed by atoms with Crippen LogP contribution in [0.1, 0.15) is 11.1 Å². The number of anilines is 1. The number of nitrogens with zero attached hydrogens (tertiary/aromatic N) is 4. The monoisotopic (exact) mass is 275 g/mol. The molecule has 7 heteroatoms. The van der Waals surface area contributed by atoms with E-state index in [4.69, 9.17) is 4.42 Å². The van der Waals surface area contributed by atoms with Crippen molar-refractivity contribution in [3.05, 3.63) is 35.0 Å². The summed E-state index contributed by atoms with van der Waals surface area (Å²) in [5, 5.41) is 17.2. The summed E-state index contributed by atoms with van der Waals surface area (Å²) in [6.45, 7) is 2.64. The fourth-order valence-corrected chi connectivity index (χ4v) is 2.56. The molecule has 6 nitrogen and oxygen atoms in total. The number of thiophene rings is 1. The minimum atomic E-state index is 0.423. The molecule has 3 heterocycles. The van der Waals surface area contributed by atoms with Crippen molar-refractivity contribution in [3.8, 4) is 10.8 Å². The van der Waals surface area contributed by atoms with E-state index in [1.807, 2.05) is 31.6 Å². The zero-order chi connectivity index (χ0) is 13.2. The van der Waals surface area contributed by atoms with Crippen molar-refractivity contribution >= 4 is 17.4 Å². The Morgan fingerprint density at radius 3 is 3.00 bits per heavy atom. The largest absolute Gasteiger partial charge is 0.402 e. The number of rotatable bonds is 4. The molecule has 0 atom stereocenters. The van der Waals surface area contributed by atoms with Gasteiger partial charge in [0.2, 0.25) is 0 Å². The summed E-state index contributed by atoms with van der Waals surface area (Å²) in [5.74, 6) is 0.557. The summed E-state index contributed by atoms with van der Waals surface area (Å²) in [6.07, 6.45) is 3.74. The van der Waals surface area contributed by atoms with Crippen LogP contribution in [0, 0.1) is 6.92 Å². The molecule has 0 aliphatic heterocycles. The number of aryl methyl sites for hydroxylation is 2. The molecule has 0 bridgehead atoms. The Hall–Kier alpha value is -2.15. The first-order valence-electron chi connectivity index (χ1n) is 5.82. The van der Waals surface area contributed by atoms with Gasteiger partial charge in [0.1, 0.15) is 0 Å². The Kier molecular flexibility index (Phi) is 3.04. The smallest absolute Gasteiger partial charge is 0.316 e. The van der Waals surface area contributed by atoms with Gasteiger partial charge in [0.15, 0.2) is 0 Å². The van der Waals surface area contributed by atoms with Crippen LogP contribution in [-0.2, 0) is 13.6 Å². The quantitative estimate of drug-likeness (QED) is 0.792. The van der Waals surface area contributed by atoms with Crippen LogP contribution in [0.25, 0.3) is 10.8 Å². The molecule has 0 unspecified atom stereocenters. The molecular formula is C12H13N5OS. The molecule has 0 saturated carbocycles. The molecule has 0 saturated heterocycles. The van der Waals surface area contributed by atoms with E-state index in [0.29, 0.717) is 18.5 Å². The highest BCUT2D eigenvalue weighted by molar-refractivity contribution is 7.13. The van der Waals surface area contributed by atoms with Crippen molar-refractivity contribution in [2.45, 2.75) is 13.5 Å². The molecule has 1 N–H and O–H groups in total. The molecule has 3 aromatic rings. The van der Waals surface area contributed by atoms with Gasteiger partial charge >= 0.3 is 6.01 Å². The van der Waals surface area contributed by atoms with Crippen LogP contribution in [0.3, 0.4) is 0 Å². The van der Waals surface area contributed by atoms with E-state index in [0.717, 1.165) is 16.0 Å². The van der Waals surface area contributed by atoms with Crippen LogP contribution in [0.5, 0.6) is 0 Å². The first kappa shape index (κ1) is 11.9. The Balaban J connectivity index is 1.70. The minimum Gasteiger partial charge on any atom is -0.402 e. The van der Waals surface area contributed by atoms with Gasteiger partial charge in [0.05, 0.1) is 11.1 Å². The highest BCUT2D eigenvalue weighted by atomic mass is 32.1. The lowest BCUT2D eigenvalue weighted by Gasteiger charge is -1.97. The second-order valence-corrected chi connectivity index (χ2v) is 5.14. The lowest BCUT2D eigenvalue weighted by Crippen LogP contribution is -1.98. The highest BCUT2D eigenvalue weighted by Crippen LogP contribution is 2.28. The van der Waals surface area contributed by atoms with E-state index in [1.165, 1.54) is 0 Å². The molecule has 0 aliphatic rings. The Bertz CT molecular complexity index is 684. The van der Waals surface area contributed by atoms with Gasteiger partial charge in [0.25, 0.3) is 5.89 Å². The zero-order valence-corrected chi connectivity index (χ0v) is 11.4. The van der Waals surface area contributed by atoms with Crippen LogP contribution in [0.15, 0.2) is 28.3 Å². The molecule has 0 radical (unpaired) electrons. The second-order valence-electron chi connectivity index (χ2n) is 4.22. The number of hydrogen-bond acceptors (Lipinski definition) is 6. The first-order chi connectivity index (χ1) is 9.22. The van der Waals surface area contributed by atoms with Crippen LogP contribution >= 0.6 is 11.3 Å². The van der Waals surface area contributed by atoms with Crippen molar-refractivity contribution in [2.24, 2.45) is 7.05 Å². The van der Waals surface area contributed by atoms with Gasteiger partial charge < -0.3 is 9.73 Å². The number of hydrogen-bond donors (Lipinski definition) is 1. The van der Waals surface area contributed by atoms with Crippen LogP contribution in [-0.4, -0.2) is 20.0 Å². The normalized spacial score (nSPS) is 10.8. The predicted octanol–water partition coefficient (Wildman–Crippen LogP) is 2.45. The van der Waals surface area contributed by atoms with Gasteiger partial charge in [-0.2, -0.15) is 5.10 Å². The van der Waals surface area contributed by atoms with Crippen molar-refractivity contribution < 1.29 is 4.42 Å². The molecule has 3 rings (SSSR count). The average molecular weight is 275 g/mol. The number of nitrogens with one attached hydrogen (secondary N) is 1. The maximum Gasteiger partial charge on any atom is 0.316 e. The van der Waals surface area contributed by atoms with Gasteiger partial charge in [0, 0.05) is 25.4 Å². The Labute approximate surface area is 114 Å². The molecular weight excluding hydrogens is 262 g/mol. The summed E-state index contributed by atoms with van der Waals surface area (Å²) in [4.78, 5) is 1.02. The predicted molar refractivity (Wildman–Crippen MR) is 72.9 cm³/mol. The number of aromatic nitrogens is 4. The van der Waals surface area contributed by atoms with Gasteiger partial charge in [-0.25, -0.2) is 0 Å². The van der Waals surface area contributed by atoms with Crippen molar-refractivity contribution in [1.82, 2.24) is 20.0 Å². The first-order valence-corrected chi connectivity index (χ1v) is 6.70. The van der Waals surface area contributed by atoms with Crippen LogP contribution < -0.4 is 5.32 Å². The van der Waals surface area contributed by atoms with Crippen molar-refractivity contribution in [3.63, 3.8) is 0 Å². The standard InChI is InChI=1S/C12H13N5OS/c1-8-3-4-19-10(8)11-15-16-12(18-11)13-5-9-6-14-17(2)7-9/h3-4,6-7H,5H2,1-2H3,(H,13,16). The summed E-state index contributed by atoms with van der Waals surface area (Å²) in [6, 6.07) is 2.46. The van der Waals surface area contributed by atoms with E-state index >= 15 is 0 Å². The maximum absolute atomic E-state index is 5.59. The van der Waals surface area contributed by atoms with Gasteiger partial charge in [-0.05, 0) is 23.9 Å². The average Bonchev–Trinajstić information content (AvgIpc) is 3.07.